The Kier molecular flexibility index (Phi) is 3.09. The van der Waals surface area contributed by atoms with Crippen molar-refractivity contribution < 1.29 is 14.3 Å². The Morgan fingerprint density at radius 1 is 1.57 bits per heavy atom. The summed E-state index contributed by atoms with van der Waals surface area (Å²) in [6, 6.07) is 0. The van der Waals surface area contributed by atoms with Crippen molar-refractivity contribution in [3.05, 3.63) is 12.2 Å². The second-order valence-corrected chi connectivity index (χ2v) is 3.85. The van der Waals surface area contributed by atoms with Crippen molar-refractivity contribution in [1.82, 2.24) is 0 Å². The van der Waals surface area contributed by atoms with Crippen LogP contribution in [0.25, 0.3) is 0 Å². The summed E-state index contributed by atoms with van der Waals surface area (Å²) in [5, 5.41) is 0. The molecule has 1 aliphatic heterocycles. The van der Waals surface area contributed by atoms with Crippen molar-refractivity contribution in [2.24, 2.45) is 11.8 Å². The summed E-state index contributed by atoms with van der Waals surface area (Å²) in [5.74, 6) is -0.394. The lowest BCUT2D eigenvalue weighted by molar-refractivity contribution is -0.152. The molecule has 1 rings (SSSR count). The van der Waals surface area contributed by atoms with Crippen molar-refractivity contribution >= 4 is 12.3 Å². The third kappa shape index (κ3) is 1.72. The molecule has 2 unspecified atom stereocenters. The minimum atomic E-state index is -0.572. The Morgan fingerprint density at radius 2 is 2.21 bits per heavy atom. The summed E-state index contributed by atoms with van der Waals surface area (Å²) in [5.41, 5.74) is -0.572. The van der Waals surface area contributed by atoms with Gasteiger partial charge in [-0.15, -0.1) is 0 Å². The summed E-state index contributed by atoms with van der Waals surface area (Å²) >= 11 is 0. The number of aldehydes is 1. The van der Waals surface area contributed by atoms with E-state index in [0.717, 1.165) is 6.29 Å². The summed E-state index contributed by atoms with van der Waals surface area (Å²) in [6.45, 7) is 5.73. The molecule has 0 aromatic heterocycles. The van der Waals surface area contributed by atoms with Gasteiger partial charge in [0, 0.05) is 17.9 Å². The molecule has 0 amide bonds. The first-order valence-electron chi connectivity index (χ1n) is 4.93. The molecule has 14 heavy (non-hydrogen) atoms. The maximum absolute atomic E-state index is 11.0. The normalized spacial score (nSPS) is 29.8. The summed E-state index contributed by atoms with van der Waals surface area (Å²) < 4.78 is 5.27. The molecule has 0 radical (unpaired) electrons. The van der Waals surface area contributed by atoms with Crippen LogP contribution in [-0.4, -0.2) is 17.9 Å². The highest BCUT2D eigenvalue weighted by Gasteiger charge is 2.41. The Labute approximate surface area is 84.1 Å². The van der Waals surface area contributed by atoms with Gasteiger partial charge < -0.3 is 9.53 Å². The van der Waals surface area contributed by atoms with Crippen molar-refractivity contribution in [3.8, 4) is 0 Å². The van der Waals surface area contributed by atoms with Crippen LogP contribution in [0.15, 0.2) is 12.2 Å². The van der Waals surface area contributed by atoms with E-state index in [4.69, 9.17) is 4.74 Å². The molecule has 0 bridgehead atoms. The van der Waals surface area contributed by atoms with Gasteiger partial charge in [0.2, 0.25) is 0 Å². The van der Waals surface area contributed by atoms with Crippen LogP contribution in [0.2, 0.25) is 0 Å². The number of esters is 1. The fourth-order valence-electron chi connectivity index (χ4n) is 1.78. The van der Waals surface area contributed by atoms with Crippen LogP contribution in [0.5, 0.6) is 0 Å². The standard InChI is InChI=1S/C11H16O3/c1-4-11(6-5-10(13)14-11)9(3)8(2)7-12/h5-9H,4H2,1-3H3/t8?,9?,11-/m1/s1. The lowest BCUT2D eigenvalue weighted by Gasteiger charge is -2.33. The van der Waals surface area contributed by atoms with Crippen LogP contribution >= 0.6 is 0 Å². The van der Waals surface area contributed by atoms with E-state index in [0.29, 0.717) is 6.42 Å². The number of carbonyl (C=O) groups excluding carboxylic acids is 2. The molecule has 0 aromatic carbocycles. The van der Waals surface area contributed by atoms with Gasteiger partial charge in [0.15, 0.2) is 0 Å². The predicted octanol–water partition coefficient (Wildman–Crippen LogP) is 1.72. The average molecular weight is 196 g/mol. The molecule has 0 saturated heterocycles. The van der Waals surface area contributed by atoms with Gasteiger partial charge in [-0.1, -0.05) is 20.8 Å². The molecular weight excluding hydrogens is 180 g/mol. The monoisotopic (exact) mass is 196 g/mol. The van der Waals surface area contributed by atoms with Crippen LogP contribution in [-0.2, 0) is 14.3 Å². The van der Waals surface area contributed by atoms with Crippen molar-refractivity contribution in [1.29, 1.82) is 0 Å². The predicted molar refractivity (Wildman–Crippen MR) is 52.6 cm³/mol. The Hall–Kier alpha value is -1.12. The molecule has 0 aromatic rings. The minimum Gasteiger partial charge on any atom is -0.451 e. The van der Waals surface area contributed by atoms with Gasteiger partial charge in [0.05, 0.1) is 0 Å². The maximum Gasteiger partial charge on any atom is 0.331 e. The van der Waals surface area contributed by atoms with Crippen LogP contribution in [0.3, 0.4) is 0 Å². The van der Waals surface area contributed by atoms with Gasteiger partial charge in [0.25, 0.3) is 0 Å². The first kappa shape index (κ1) is 11.0. The maximum atomic E-state index is 11.0. The molecule has 78 valence electrons. The lowest BCUT2D eigenvalue weighted by Crippen LogP contribution is -2.39. The number of hydrogen-bond acceptors (Lipinski definition) is 3. The summed E-state index contributed by atoms with van der Waals surface area (Å²) in [7, 11) is 0. The minimum absolute atomic E-state index is 0.0210. The number of ether oxygens (including phenoxy) is 1. The number of cyclic esters (lactones) is 1. The molecule has 0 N–H and O–H groups in total. The number of carbonyl (C=O) groups is 2. The van der Waals surface area contributed by atoms with Crippen molar-refractivity contribution in [2.45, 2.75) is 32.8 Å². The summed E-state index contributed by atoms with van der Waals surface area (Å²) in [6.07, 6.45) is 4.83. The largest absolute Gasteiger partial charge is 0.451 e. The van der Waals surface area contributed by atoms with E-state index in [2.05, 4.69) is 0 Å². The zero-order valence-corrected chi connectivity index (χ0v) is 8.82. The topological polar surface area (TPSA) is 43.4 Å². The smallest absolute Gasteiger partial charge is 0.331 e. The zero-order chi connectivity index (χ0) is 10.8. The van der Waals surface area contributed by atoms with E-state index in [1.165, 1.54) is 6.08 Å². The molecule has 3 atom stereocenters. The zero-order valence-electron chi connectivity index (χ0n) is 8.82. The second-order valence-electron chi connectivity index (χ2n) is 3.85. The summed E-state index contributed by atoms with van der Waals surface area (Å²) in [4.78, 5) is 21.7. The van der Waals surface area contributed by atoms with Gasteiger partial charge in [-0.3, -0.25) is 0 Å². The fraction of sp³-hybridized carbons (Fsp3) is 0.636. The SMILES string of the molecule is CC[C@]1(C(C)C(C)C=O)C=CC(=O)O1. The van der Waals surface area contributed by atoms with Crippen molar-refractivity contribution in [3.63, 3.8) is 0 Å². The van der Waals surface area contributed by atoms with Crippen LogP contribution in [0.1, 0.15) is 27.2 Å². The van der Waals surface area contributed by atoms with Gasteiger partial charge in [-0.2, -0.15) is 0 Å². The van der Waals surface area contributed by atoms with Crippen LogP contribution < -0.4 is 0 Å². The molecule has 3 nitrogen and oxygen atoms in total. The quantitative estimate of drug-likeness (QED) is 0.508. The van der Waals surface area contributed by atoms with E-state index < -0.39 is 5.60 Å². The van der Waals surface area contributed by atoms with Gasteiger partial charge in [0.1, 0.15) is 11.9 Å². The van der Waals surface area contributed by atoms with Gasteiger partial charge in [-0.05, 0) is 12.5 Å². The highest BCUT2D eigenvalue weighted by molar-refractivity contribution is 5.85. The number of rotatable bonds is 4. The van der Waals surface area contributed by atoms with E-state index in [9.17, 15) is 9.59 Å². The molecule has 1 heterocycles. The molecule has 0 aliphatic carbocycles. The molecule has 0 saturated carbocycles. The van der Waals surface area contributed by atoms with Gasteiger partial charge >= 0.3 is 5.97 Å². The Morgan fingerprint density at radius 3 is 2.57 bits per heavy atom. The second kappa shape index (κ2) is 3.95. The van der Waals surface area contributed by atoms with E-state index in [-0.39, 0.29) is 17.8 Å². The molecule has 0 spiro atoms. The van der Waals surface area contributed by atoms with E-state index in [1.807, 2.05) is 20.8 Å². The molecule has 1 aliphatic rings. The lowest BCUT2D eigenvalue weighted by atomic mass is 9.79. The fourth-order valence-corrected chi connectivity index (χ4v) is 1.78. The molecule has 3 heteroatoms. The van der Waals surface area contributed by atoms with E-state index >= 15 is 0 Å². The van der Waals surface area contributed by atoms with Gasteiger partial charge in [-0.25, -0.2) is 4.79 Å². The third-order valence-corrected chi connectivity index (χ3v) is 3.12. The Balaban J connectivity index is 2.86. The number of hydrogen-bond donors (Lipinski definition) is 0. The first-order chi connectivity index (χ1) is 6.55. The van der Waals surface area contributed by atoms with Crippen LogP contribution in [0, 0.1) is 11.8 Å². The first-order valence-corrected chi connectivity index (χ1v) is 4.93. The highest BCUT2D eigenvalue weighted by Crippen LogP contribution is 2.35. The highest BCUT2D eigenvalue weighted by atomic mass is 16.6. The Bertz CT molecular complexity index is 270. The van der Waals surface area contributed by atoms with Crippen LogP contribution in [0.4, 0.5) is 0 Å². The van der Waals surface area contributed by atoms with E-state index in [1.54, 1.807) is 6.08 Å². The molecular formula is C11H16O3. The average Bonchev–Trinajstić information content (AvgIpc) is 2.59. The molecule has 0 fully saturated rings. The van der Waals surface area contributed by atoms with Crippen molar-refractivity contribution in [2.75, 3.05) is 0 Å². The third-order valence-electron chi connectivity index (χ3n) is 3.12.